The van der Waals surface area contributed by atoms with Gasteiger partial charge in [0.1, 0.15) is 17.6 Å². The molecule has 2 aromatic carbocycles. The van der Waals surface area contributed by atoms with Gasteiger partial charge in [0.25, 0.3) is 0 Å². The lowest BCUT2D eigenvalue weighted by Crippen LogP contribution is -2.42. The largest absolute Gasteiger partial charge is 0.491 e. The van der Waals surface area contributed by atoms with Crippen LogP contribution in [0, 0.1) is 0 Å². The van der Waals surface area contributed by atoms with E-state index in [1.54, 1.807) is 0 Å². The first-order valence-corrected chi connectivity index (χ1v) is 10.3. The highest BCUT2D eigenvalue weighted by Crippen LogP contribution is 2.27. The summed E-state index contributed by atoms with van der Waals surface area (Å²) in [4.78, 5) is 4.53. The number of fused-ring (bicyclic) bond motifs is 1. The highest BCUT2D eigenvalue weighted by molar-refractivity contribution is 14.0. The van der Waals surface area contributed by atoms with Crippen LogP contribution >= 0.6 is 24.0 Å². The van der Waals surface area contributed by atoms with Crippen LogP contribution in [0.25, 0.3) is 0 Å². The Hall–Kier alpha value is -2.00. The molecule has 3 rings (SSSR count). The molecule has 0 fully saturated rings. The van der Waals surface area contributed by atoms with Crippen LogP contribution in [-0.2, 0) is 6.42 Å². The molecule has 0 saturated carbocycles. The number of aliphatic imine (C=N–C) groups is 1. The number of nitrogens with zero attached hydrogens (tertiary/aromatic N) is 1. The Labute approximate surface area is 196 Å². The summed E-state index contributed by atoms with van der Waals surface area (Å²) in [5.74, 6) is 2.43. The second kappa shape index (κ2) is 12.0. The van der Waals surface area contributed by atoms with Gasteiger partial charge < -0.3 is 25.2 Å². The fraction of sp³-hybridized carbons (Fsp3) is 0.435. The maximum atomic E-state index is 10.5. The molecule has 7 heteroatoms. The first-order valence-electron chi connectivity index (χ1n) is 10.3. The van der Waals surface area contributed by atoms with Crippen molar-refractivity contribution in [2.24, 2.45) is 4.99 Å². The number of benzene rings is 2. The molecule has 164 valence electrons. The average Bonchev–Trinajstić information content (AvgIpc) is 3.13. The Balaban J connectivity index is 0.00000320. The summed E-state index contributed by atoms with van der Waals surface area (Å²) in [6.45, 7) is 7.66. The summed E-state index contributed by atoms with van der Waals surface area (Å²) in [5.41, 5.74) is 2.05. The molecule has 2 atom stereocenters. The van der Waals surface area contributed by atoms with Gasteiger partial charge in [-0.05, 0) is 50.1 Å². The van der Waals surface area contributed by atoms with E-state index in [1.807, 2.05) is 63.2 Å². The van der Waals surface area contributed by atoms with Gasteiger partial charge in [0.15, 0.2) is 5.96 Å². The summed E-state index contributed by atoms with van der Waals surface area (Å²) >= 11 is 0. The summed E-state index contributed by atoms with van der Waals surface area (Å²) < 4.78 is 11.6. The molecule has 30 heavy (non-hydrogen) atoms. The molecule has 3 N–H and O–H groups in total. The summed E-state index contributed by atoms with van der Waals surface area (Å²) in [6.07, 6.45) is 0.414. The van der Waals surface area contributed by atoms with Gasteiger partial charge in [0, 0.05) is 13.0 Å². The van der Waals surface area contributed by atoms with Gasteiger partial charge >= 0.3 is 0 Å². The molecule has 2 aromatic rings. The minimum absolute atomic E-state index is 0. The normalized spacial score (nSPS) is 16.3. The summed E-state index contributed by atoms with van der Waals surface area (Å²) in [6, 6.07) is 15.6. The van der Waals surface area contributed by atoms with Gasteiger partial charge in [-0.2, -0.15) is 0 Å². The van der Waals surface area contributed by atoms with E-state index in [1.165, 1.54) is 5.56 Å². The number of guanidine groups is 1. The van der Waals surface area contributed by atoms with Crippen LogP contribution in [0.2, 0.25) is 0 Å². The topological polar surface area (TPSA) is 75.1 Å². The van der Waals surface area contributed by atoms with Crippen molar-refractivity contribution in [2.75, 3.05) is 19.6 Å². The molecule has 0 bridgehead atoms. The number of aliphatic hydroxyl groups excluding tert-OH is 1. The highest BCUT2D eigenvalue weighted by Gasteiger charge is 2.22. The Morgan fingerprint density at radius 2 is 1.90 bits per heavy atom. The van der Waals surface area contributed by atoms with Gasteiger partial charge in [0.2, 0.25) is 0 Å². The van der Waals surface area contributed by atoms with Gasteiger partial charge in [-0.1, -0.05) is 30.3 Å². The fourth-order valence-corrected chi connectivity index (χ4v) is 3.24. The van der Waals surface area contributed by atoms with Gasteiger partial charge in [-0.25, -0.2) is 0 Å². The second-order valence-corrected chi connectivity index (χ2v) is 7.40. The molecule has 6 nitrogen and oxygen atoms in total. The van der Waals surface area contributed by atoms with E-state index in [-0.39, 0.29) is 42.7 Å². The number of para-hydroxylation sites is 1. The van der Waals surface area contributed by atoms with E-state index in [0.717, 1.165) is 30.0 Å². The van der Waals surface area contributed by atoms with Crippen LogP contribution in [0.5, 0.6) is 11.5 Å². The van der Waals surface area contributed by atoms with E-state index in [9.17, 15) is 5.11 Å². The van der Waals surface area contributed by atoms with E-state index >= 15 is 0 Å². The van der Waals surface area contributed by atoms with Crippen LogP contribution in [0.1, 0.15) is 38.0 Å². The Morgan fingerprint density at radius 1 is 1.17 bits per heavy atom. The fourth-order valence-electron chi connectivity index (χ4n) is 3.24. The first kappa shape index (κ1) is 24.3. The van der Waals surface area contributed by atoms with Crippen LogP contribution < -0.4 is 20.1 Å². The molecule has 0 saturated heterocycles. The van der Waals surface area contributed by atoms with Crippen molar-refractivity contribution in [3.8, 4) is 11.5 Å². The number of halogens is 1. The Bertz CT molecular complexity index is 787. The third-order valence-electron chi connectivity index (χ3n) is 4.61. The zero-order valence-corrected chi connectivity index (χ0v) is 20.1. The minimum atomic E-state index is -0.675. The molecule has 0 aliphatic carbocycles. The molecule has 0 radical (unpaired) electrons. The number of nitrogens with one attached hydrogen (secondary N) is 2. The van der Waals surface area contributed by atoms with E-state index in [0.29, 0.717) is 12.5 Å². The summed E-state index contributed by atoms with van der Waals surface area (Å²) in [7, 11) is 0. The number of rotatable bonds is 8. The molecule has 1 aliphatic heterocycles. The molecule has 0 amide bonds. The second-order valence-electron chi connectivity index (χ2n) is 7.40. The minimum Gasteiger partial charge on any atom is -0.491 e. The number of aliphatic hydroxyl groups is 1. The van der Waals surface area contributed by atoms with Crippen molar-refractivity contribution in [2.45, 2.75) is 45.5 Å². The van der Waals surface area contributed by atoms with Crippen LogP contribution in [0.3, 0.4) is 0 Å². The lowest BCUT2D eigenvalue weighted by Gasteiger charge is -2.16. The maximum absolute atomic E-state index is 10.5. The van der Waals surface area contributed by atoms with E-state index in [2.05, 4.69) is 21.7 Å². The van der Waals surface area contributed by atoms with Crippen molar-refractivity contribution in [1.82, 2.24) is 10.6 Å². The maximum Gasteiger partial charge on any atom is 0.191 e. The van der Waals surface area contributed by atoms with E-state index < -0.39 is 6.10 Å². The molecule has 0 spiro atoms. The van der Waals surface area contributed by atoms with E-state index in [4.69, 9.17) is 9.47 Å². The zero-order valence-electron chi connectivity index (χ0n) is 17.8. The third-order valence-corrected chi connectivity index (χ3v) is 4.61. The van der Waals surface area contributed by atoms with Crippen molar-refractivity contribution >= 4 is 29.9 Å². The van der Waals surface area contributed by atoms with Crippen molar-refractivity contribution < 1.29 is 14.6 Å². The van der Waals surface area contributed by atoms with Crippen molar-refractivity contribution in [3.05, 3.63) is 59.7 Å². The van der Waals surface area contributed by atoms with Crippen LogP contribution in [0.15, 0.2) is 53.5 Å². The quantitative estimate of drug-likeness (QED) is 0.279. The average molecular weight is 525 g/mol. The monoisotopic (exact) mass is 525 g/mol. The predicted molar refractivity (Wildman–Crippen MR) is 131 cm³/mol. The SMILES string of the molecule is CCNC(=NCC(O)c1ccc(OC(C)C)cc1)NCC1Cc2ccccc2O1.I. The van der Waals surface area contributed by atoms with Crippen molar-refractivity contribution in [3.63, 3.8) is 0 Å². The lowest BCUT2D eigenvalue weighted by molar-refractivity contribution is 0.186. The molecule has 1 aliphatic rings. The lowest BCUT2D eigenvalue weighted by atomic mass is 10.1. The third kappa shape index (κ3) is 7.05. The number of hydrogen-bond acceptors (Lipinski definition) is 4. The summed E-state index contributed by atoms with van der Waals surface area (Å²) in [5, 5.41) is 17.0. The molecular formula is C23H32IN3O3. The van der Waals surface area contributed by atoms with Crippen LogP contribution in [-0.4, -0.2) is 42.9 Å². The zero-order chi connectivity index (χ0) is 20.6. The molecule has 0 aromatic heterocycles. The molecule has 2 unspecified atom stereocenters. The Kier molecular flexibility index (Phi) is 9.71. The van der Waals surface area contributed by atoms with Crippen molar-refractivity contribution in [1.29, 1.82) is 0 Å². The van der Waals surface area contributed by atoms with Gasteiger partial charge in [-0.3, -0.25) is 4.99 Å². The Morgan fingerprint density at radius 3 is 2.57 bits per heavy atom. The molecular weight excluding hydrogens is 493 g/mol. The first-order chi connectivity index (χ1) is 14.0. The van der Waals surface area contributed by atoms with Gasteiger partial charge in [-0.15, -0.1) is 24.0 Å². The van der Waals surface area contributed by atoms with Gasteiger partial charge in [0.05, 0.1) is 25.3 Å². The highest BCUT2D eigenvalue weighted by atomic mass is 127. The standard InChI is InChI=1S/C23H31N3O3.HI/c1-4-24-23(25-14-20-13-18-7-5-6-8-22(18)29-20)26-15-21(27)17-9-11-19(12-10-17)28-16(2)3;/h5-12,16,20-21,27H,4,13-15H2,1-3H3,(H2,24,25,26);1H. The van der Waals surface area contributed by atoms with Crippen LogP contribution in [0.4, 0.5) is 0 Å². The number of ether oxygens (including phenoxy) is 2. The number of hydrogen-bond donors (Lipinski definition) is 3. The molecule has 1 heterocycles. The smallest absolute Gasteiger partial charge is 0.191 e. The predicted octanol–water partition coefficient (Wildman–Crippen LogP) is 3.68.